The van der Waals surface area contributed by atoms with E-state index in [1.807, 2.05) is 12.1 Å². The number of pyridine rings is 1. The lowest BCUT2D eigenvalue weighted by atomic mass is 10.0. The lowest BCUT2D eigenvalue weighted by Gasteiger charge is -2.39. The van der Waals surface area contributed by atoms with E-state index in [4.69, 9.17) is 5.73 Å². The number of carbonyl (C=O) groups excluding carboxylic acids is 2. The van der Waals surface area contributed by atoms with E-state index in [1.54, 1.807) is 47.3 Å². The predicted molar refractivity (Wildman–Crippen MR) is 106 cm³/mol. The van der Waals surface area contributed by atoms with Gasteiger partial charge in [-0.3, -0.25) is 14.6 Å². The Morgan fingerprint density at radius 2 is 1.96 bits per heavy atom. The van der Waals surface area contributed by atoms with Gasteiger partial charge in [0.25, 0.3) is 5.91 Å². The number of carbonyl (C=O) groups is 2. The molecule has 27 heavy (non-hydrogen) atoms. The third-order valence-electron chi connectivity index (χ3n) is 5.02. The van der Waals surface area contributed by atoms with Crippen LogP contribution in [0.3, 0.4) is 0 Å². The molecule has 1 aliphatic rings. The van der Waals surface area contributed by atoms with Gasteiger partial charge in [0.2, 0.25) is 5.91 Å². The molecule has 1 aromatic carbocycles. The standard InChI is InChI=1S/C21H26N4O2/c1-3-4-5-19-21(27)24(2)12-13-25(19)20(26)16-8-6-15(7-9-16)18-14-17(22)10-11-23-18/h6-11,14,19H,3-5,12-13H2,1-2H3,(H2,22,23). The molecule has 0 aliphatic carbocycles. The molecule has 2 amide bonds. The monoisotopic (exact) mass is 366 g/mol. The van der Waals surface area contributed by atoms with Crippen molar-refractivity contribution in [2.24, 2.45) is 0 Å². The van der Waals surface area contributed by atoms with E-state index < -0.39 is 0 Å². The number of likely N-dealkylation sites (N-methyl/N-ethyl adjacent to an activating group) is 1. The average Bonchev–Trinajstić information content (AvgIpc) is 2.69. The third-order valence-corrected chi connectivity index (χ3v) is 5.02. The van der Waals surface area contributed by atoms with E-state index in [0.29, 0.717) is 30.8 Å². The van der Waals surface area contributed by atoms with Gasteiger partial charge < -0.3 is 15.5 Å². The Balaban J connectivity index is 1.80. The molecule has 1 aliphatic heterocycles. The Kier molecular flexibility index (Phi) is 5.74. The van der Waals surface area contributed by atoms with Crippen LogP contribution in [0.4, 0.5) is 5.69 Å². The lowest BCUT2D eigenvalue weighted by molar-refractivity contribution is -0.138. The zero-order valence-electron chi connectivity index (χ0n) is 15.9. The van der Waals surface area contributed by atoms with Gasteiger partial charge >= 0.3 is 0 Å². The molecule has 1 saturated heterocycles. The minimum Gasteiger partial charge on any atom is -0.399 e. The molecule has 0 radical (unpaired) electrons. The Bertz CT molecular complexity index is 819. The van der Waals surface area contributed by atoms with Gasteiger partial charge in [-0.1, -0.05) is 31.9 Å². The Hall–Kier alpha value is -2.89. The maximum atomic E-state index is 13.0. The normalized spacial score (nSPS) is 17.3. The van der Waals surface area contributed by atoms with Crippen molar-refractivity contribution in [3.63, 3.8) is 0 Å². The second-order valence-corrected chi connectivity index (χ2v) is 6.97. The zero-order valence-corrected chi connectivity index (χ0v) is 15.9. The van der Waals surface area contributed by atoms with Crippen LogP contribution in [-0.4, -0.2) is 52.8 Å². The fraction of sp³-hybridized carbons (Fsp3) is 0.381. The summed E-state index contributed by atoms with van der Waals surface area (Å²) in [6.07, 6.45) is 4.29. The number of unbranched alkanes of at least 4 members (excludes halogenated alkanes) is 1. The summed E-state index contributed by atoms with van der Waals surface area (Å²) in [5.41, 5.74) is 8.71. The highest BCUT2D eigenvalue weighted by molar-refractivity contribution is 5.98. The summed E-state index contributed by atoms with van der Waals surface area (Å²) in [5.74, 6) is -0.0618. The first-order chi connectivity index (χ1) is 13.0. The minimum absolute atomic E-state index is 0.0311. The van der Waals surface area contributed by atoms with Gasteiger partial charge in [0.1, 0.15) is 6.04 Å². The zero-order chi connectivity index (χ0) is 19.4. The maximum Gasteiger partial charge on any atom is 0.254 e. The summed E-state index contributed by atoms with van der Waals surface area (Å²) < 4.78 is 0. The second-order valence-electron chi connectivity index (χ2n) is 6.97. The highest BCUT2D eigenvalue weighted by atomic mass is 16.2. The summed E-state index contributed by atoms with van der Waals surface area (Å²) in [5, 5.41) is 0. The number of anilines is 1. The van der Waals surface area contributed by atoms with Gasteiger partial charge in [-0.15, -0.1) is 0 Å². The topological polar surface area (TPSA) is 79.5 Å². The summed E-state index contributed by atoms with van der Waals surface area (Å²) >= 11 is 0. The van der Waals surface area contributed by atoms with Crippen LogP contribution in [0.1, 0.15) is 36.5 Å². The highest BCUT2D eigenvalue weighted by Gasteiger charge is 2.35. The Morgan fingerprint density at radius 3 is 2.63 bits per heavy atom. The first-order valence-electron chi connectivity index (χ1n) is 9.39. The summed E-state index contributed by atoms with van der Waals surface area (Å²) in [6.45, 7) is 3.22. The van der Waals surface area contributed by atoms with Crippen LogP contribution in [0, 0.1) is 0 Å². The van der Waals surface area contributed by atoms with Crippen LogP contribution in [-0.2, 0) is 4.79 Å². The van der Waals surface area contributed by atoms with Crippen LogP contribution < -0.4 is 5.73 Å². The molecule has 2 aromatic rings. The minimum atomic E-state index is -0.369. The van der Waals surface area contributed by atoms with Crippen LogP contribution in [0.15, 0.2) is 42.6 Å². The van der Waals surface area contributed by atoms with Gasteiger partial charge in [-0.2, -0.15) is 0 Å². The number of amides is 2. The number of hydrogen-bond donors (Lipinski definition) is 1. The van der Waals surface area contributed by atoms with Gasteiger partial charge in [0.05, 0.1) is 5.69 Å². The van der Waals surface area contributed by atoms with E-state index in [2.05, 4.69) is 11.9 Å². The largest absolute Gasteiger partial charge is 0.399 e. The van der Waals surface area contributed by atoms with Crippen LogP contribution in [0.5, 0.6) is 0 Å². The van der Waals surface area contributed by atoms with Crippen molar-refractivity contribution in [2.75, 3.05) is 25.9 Å². The molecule has 1 aromatic heterocycles. The smallest absolute Gasteiger partial charge is 0.254 e. The molecule has 3 rings (SSSR count). The molecule has 6 heteroatoms. The lowest BCUT2D eigenvalue weighted by Crippen LogP contribution is -2.57. The van der Waals surface area contributed by atoms with Gasteiger partial charge in [-0.25, -0.2) is 0 Å². The quantitative estimate of drug-likeness (QED) is 0.882. The van der Waals surface area contributed by atoms with Crippen LogP contribution in [0.25, 0.3) is 11.3 Å². The number of rotatable bonds is 5. The molecule has 1 unspecified atom stereocenters. The molecule has 1 fully saturated rings. The van der Waals surface area contributed by atoms with E-state index in [0.717, 1.165) is 24.1 Å². The van der Waals surface area contributed by atoms with Crippen molar-refractivity contribution < 1.29 is 9.59 Å². The molecule has 0 saturated carbocycles. The fourth-order valence-corrected chi connectivity index (χ4v) is 3.39. The number of nitrogen functional groups attached to an aromatic ring is 1. The van der Waals surface area contributed by atoms with Crippen molar-refractivity contribution in [1.29, 1.82) is 0 Å². The van der Waals surface area contributed by atoms with Crippen molar-refractivity contribution in [2.45, 2.75) is 32.2 Å². The number of nitrogens with zero attached hydrogens (tertiary/aromatic N) is 3. The molecular formula is C21H26N4O2. The average molecular weight is 366 g/mol. The molecular weight excluding hydrogens is 340 g/mol. The van der Waals surface area contributed by atoms with Gasteiger partial charge in [-0.05, 0) is 30.7 Å². The Morgan fingerprint density at radius 1 is 1.22 bits per heavy atom. The number of benzene rings is 1. The molecule has 0 spiro atoms. The summed E-state index contributed by atoms with van der Waals surface area (Å²) in [7, 11) is 1.80. The van der Waals surface area contributed by atoms with E-state index in [-0.39, 0.29) is 17.9 Å². The van der Waals surface area contributed by atoms with Crippen molar-refractivity contribution in [3.05, 3.63) is 48.2 Å². The first-order valence-corrected chi connectivity index (χ1v) is 9.39. The third kappa shape index (κ3) is 4.10. The predicted octanol–water partition coefficient (Wildman–Crippen LogP) is 2.80. The van der Waals surface area contributed by atoms with Gasteiger partial charge in [0, 0.05) is 43.1 Å². The Labute approximate surface area is 160 Å². The molecule has 1 atom stereocenters. The number of hydrogen-bond acceptors (Lipinski definition) is 4. The molecule has 0 bridgehead atoms. The van der Waals surface area contributed by atoms with Crippen molar-refractivity contribution in [3.8, 4) is 11.3 Å². The molecule has 2 heterocycles. The fourth-order valence-electron chi connectivity index (χ4n) is 3.39. The SMILES string of the molecule is CCCCC1C(=O)N(C)CCN1C(=O)c1ccc(-c2cc(N)ccn2)cc1. The molecule has 6 nitrogen and oxygen atoms in total. The number of aromatic nitrogens is 1. The first kappa shape index (κ1) is 18.9. The van der Waals surface area contributed by atoms with E-state index >= 15 is 0 Å². The van der Waals surface area contributed by atoms with Gasteiger partial charge in [0.15, 0.2) is 0 Å². The maximum absolute atomic E-state index is 13.0. The van der Waals surface area contributed by atoms with Crippen molar-refractivity contribution in [1.82, 2.24) is 14.8 Å². The molecule has 2 N–H and O–H groups in total. The molecule has 142 valence electrons. The number of nitrogens with two attached hydrogens (primary N) is 1. The van der Waals surface area contributed by atoms with E-state index in [9.17, 15) is 9.59 Å². The number of piperazine rings is 1. The highest BCUT2D eigenvalue weighted by Crippen LogP contribution is 2.22. The summed E-state index contributed by atoms with van der Waals surface area (Å²) in [4.78, 5) is 33.4. The van der Waals surface area contributed by atoms with Crippen LogP contribution in [0.2, 0.25) is 0 Å². The second kappa shape index (κ2) is 8.20. The van der Waals surface area contributed by atoms with Crippen LogP contribution >= 0.6 is 0 Å². The summed E-state index contributed by atoms with van der Waals surface area (Å²) in [6, 6.07) is 10.5. The van der Waals surface area contributed by atoms with Crippen molar-refractivity contribution >= 4 is 17.5 Å². The van der Waals surface area contributed by atoms with E-state index in [1.165, 1.54) is 0 Å².